The van der Waals surface area contributed by atoms with E-state index in [2.05, 4.69) is 9.53 Å². The third kappa shape index (κ3) is 6.37. The van der Waals surface area contributed by atoms with Crippen LogP contribution in [0.5, 0.6) is 0 Å². The van der Waals surface area contributed by atoms with Crippen molar-refractivity contribution in [3.05, 3.63) is 53.6 Å². The van der Waals surface area contributed by atoms with Gasteiger partial charge in [-0.15, -0.1) is 0 Å². The molecular formula is C13H14N2O3. The Hall–Kier alpha value is -2.23. The molecule has 94 valence electrons. The number of hydrogen-bond acceptors (Lipinski definition) is 3. The molecule has 1 rings (SSSR count). The summed E-state index contributed by atoms with van der Waals surface area (Å²) in [4.78, 5) is 13.3. The number of ether oxygens (including phenoxy) is 2. The summed E-state index contributed by atoms with van der Waals surface area (Å²) in [5, 5.41) is 0. The first-order valence-electron chi connectivity index (χ1n) is 5.44. The molecule has 0 fully saturated rings. The average molecular weight is 246 g/mol. The van der Waals surface area contributed by atoms with Crippen molar-refractivity contribution in [1.82, 2.24) is 0 Å². The summed E-state index contributed by atoms with van der Waals surface area (Å²) in [6.45, 7) is 1.11. The first-order chi connectivity index (χ1) is 8.83. The number of hydrogen-bond donors (Lipinski definition) is 0. The molecule has 0 spiro atoms. The predicted octanol–water partition coefficient (Wildman–Crippen LogP) is 1.60. The SMILES string of the molecule is [N-]=[N+]=CC(=O)OC/C=C/COCc1ccccc1. The summed E-state index contributed by atoms with van der Waals surface area (Å²) in [6, 6.07) is 9.83. The van der Waals surface area contributed by atoms with E-state index in [1.165, 1.54) is 0 Å². The fourth-order valence-corrected chi connectivity index (χ4v) is 1.17. The quantitative estimate of drug-likeness (QED) is 0.183. The van der Waals surface area contributed by atoms with Crippen LogP contribution in [0.25, 0.3) is 5.53 Å². The van der Waals surface area contributed by atoms with Gasteiger partial charge in [-0.25, -0.2) is 4.79 Å². The molecule has 0 aliphatic heterocycles. The lowest BCUT2D eigenvalue weighted by Crippen LogP contribution is -2.05. The third-order valence-electron chi connectivity index (χ3n) is 1.98. The maximum Gasteiger partial charge on any atom is 0.413 e. The molecule has 0 radical (unpaired) electrons. The van der Waals surface area contributed by atoms with Gasteiger partial charge in [0.1, 0.15) is 6.61 Å². The molecule has 0 saturated heterocycles. The minimum absolute atomic E-state index is 0.125. The Morgan fingerprint density at radius 2 is 1.94 bits per heavy atom. The van der Waals surface area contributed by atoms with Crippen LogP contribution in [0.4, 0.5) is 0 Å². The fraction of sp³-hybridized carbons (Fsp3) is 0.231. The second-order valence-electron chi connectivity index (χ2n) is 3.35. The Morgan fingerprint density at radius 1 is 1.22 bits per heavy atom. The molecule has 0 heterocycles. The second kappa shape index (κ2) is 8.87. The molecule has 5 heteroatoms. The van der Waals surface area contributed by atoms with Crippen LogP contribution in [0.3, 0.4) is 0 Å². The van der Waals surface area contributed by atoms with Crippen molar-refractivity contribution in [3.63, 3.8) is 0 Å². The third-order valence-corrected chi connectivity index (χ3v) is 1.98. The number of rotatable bonds is 7. The lowest BCUT2D eigenvalue weighted by molar-refractivity contribution is -0.137. The van der Waals surface area contributed by atoms with Crippen LogP contribution in [0.2, 0.25) is 0 Å². The van der Waals surface area contributed by atoms with Gasteiger partial charge >= 0.3 is 12.2 Å². The second-order valence-corrected chi connectivity index (χ2v) is 3.35. The van der Waals surface area contributed by atoms with Crippen molar-refractivity contribution in [2.45, 2.75) is 6.61 Å². The minimum atomic E-state index is -0.688. The minimum Gasteiger partial charge on any atom is -0.453 e. The summed E-state index contributed by atoms with van der Waals surface area (Å²) in [7, 11) is 0. The first kappa shape index (κ1) is 13.8. The number of nitrogens with zero attached hydrogens (tertiary/aromatic N) is 2. The van der Waals surface area contributed by atoms with Gasteiger partial charge in [-0.05, 0) is 11.6 Å². The Morgan fingerprint density at radius 3 is 2.67 bits per heavy atom. The number of carbonyl (C=O) groups is 1. The van der Waals surface area contributed by atoms with E-state index < -0.39 is 5.97 Å². The van der Waals surface area contributed by atoms with Crippen molar-refractivity contribution in [1.29, 1.82) is 0 Å². The van der Waals surface area contributed by atoms with Crippen LogP contribution in [0, 0.1) is 0 Å². The molecule has 1 aromatic rings. The van der Waals surface area contributed by atoms with Crippen LogP contribution < -0.4 is 0 Å². The van der Waals surface area contributed by atoms with E-state index in [9.17, 15) is 4.79 Å². The van der Waals surface area contributed by atoms with Gasteiger partial charge < -0.3 is 15.0 Å². The van der Waals surface area contributed by atoms with Gasteiger partial charge in [0.05, 0.1) is 13.2 Å². The molecule has 0 aliphatic carbocycles. The van der Waals surface area contributed by atoms with Crippen LogP contribution in [-0.2, 0) is 20.9 Å². The van der Waals surface area contributed by atoms with Crippen molar-refractivity contribution >= 4 is 12.2 Å². The van der Waals surface area contributed by atoms with Gasteiger partial charge in [0.15, 0.2) is 0 Å². The summed E-state index contributed by atoms with van der Waals surface area (Å²) >= 11 is 0. The molecule has 1 aromatic carbocycles. The van der Waals surface area contributed by atoms with Gasteiger partial charge in [0.2, 0.25) is 0 Å². The van der Waals surface area contributed by atoms with E-state index in [4.69, 9.17) is 10.3 Å². The van der Waals surface area contributed by atoms with Gasteiger partial charge in [-0.1, -0.05) is 36.4 Å². The zero-order chi connectivity index (χ0) is 13.1. The fourth-order valence-electron chi connectivity index (χ4n) is 1.17. The lowest BCUT2D eigenvalue weighted by Gasteiger charge is -2.00. The van der Waals surface area contributed by atoms with E-state index in [0.717, 1.165) is 5.56 Å². The molecule has 0 unspecified atom stereocenters. The normalized spacial score (nSPS) is 10.0. The summed E-state index contributed by atoms with van der Waals surface area (Å²) in [5.41, 5.74) is 9.16. The van der Waals surface area contributed by atoms with Gasteiger partial charge in [0, 0.05) is 0 Å². The molecular weight excluding hydrogens is 232 g/mol. The molecule has 0 aliphatic rings. The topological polar surface area (TPSA) is 71.9 Å². The number of carbonyl (C=O) groups excluding carboxylic acids is 1. The zero-order valence-corrected chi connectivity index (χ0v) is 9.86. The Labute approximate surface area is 105 Å². The van der Waals surface area contributed by atoms with Gasteiger partial charge in [-0.3, -0.25) is 0 Å². The maximum absolute atomic E-state index is 10.7. The lowest BCUT2D eigenvalue weighted by atomic mass is 10.2. The molecule has 18 heavy (non-hydrogen) atoms. The van der Waals surface area contributed by atoms with Gasteiger partial charge in [-0.2, -0.15) is 4.79 Å². The maximum atomic E-state index is 10.7. The van der Waals surface area contributed by atoms with Crippen LogP contribution in [0.15, 0.2) is 42.5 Å². The molecule has 0 N–H and O–H groups in total. The highest BCUT2D eigenvalue weighted by Gasteiger charge is 1.99. The van der Waals surface area contributed by atoms with Crippen molar-refractivity contribution in [2.24, 2.45) is 0 Å². The van der Waals surface area contributed by atoms with Crippen LogP contribution >= 0.6 is 0 Å². The van der Waals surface area contributed by atoms with E-state index >= 15 is 0 Å². The number of esters is 1. The Kier molecular flexibility index (Phi) is 6.82. The first-order valence-corrected chi connectivity index (χ1v) is 5.44. The molecule has 5 nitrogen and oxygen atoms in total. The Bertz CT molecular complexity index is 437. The standard InChI is InChI=1S/C13H14N2O3/c14-15-10-13(16)18-9-5-4-8-17-11-12-6-2-1-3-7-12/h1-7,10H,8-9,11H2/b5-4+. The summed E-state index contributed by atoms with van der Waals surface area (Å²) in [5.74, 6) is -0.688. The number of benzene rings is 1. The highest BCUT2D eigenvalue weighted by molar-refractivity contribution is 6.20. The Balaban J connectivity index is 2.07. The molecule has 0 bridgehead atoms. The van der Waals surface area contributed by atoms with Crippen molar-refractivity contribution < 1.29 is 19.1 Å². The van der Waals surface area contributed by atoms with Gasteiger partial charge in [0.25, 0.3) is 0 Å². The largest absolute Gasteiger partial charge is 0.453 e. The summed E-state index contributed by atoms with van der Waals surface area (Å²) < 4.78 is 10.0. The van der Waals surface area contributed by atoms with Crippen molar-refractivity contribution in [2.75, 3.05) is 13.2 Å². The predicted molar refractivity (Wildman–Crippen MR) is 65.9 cm³/mol. The van der Waals surface area contributed by atoms with E-state index in [1.807, 2.05) is 30.3 Å². The summed E-state index contributed by atoms with van der Waals surface area (Å²) in [6.07, 6.45) is 4.11. The molecule has 0 amide bonds. The monoisotopic (exact) mass is 246 g/mol. The van der Waals surface area contributed by atoms with E-state index in [1.54, 1.807) is 12.2 Å². The zero-order valence-electron chi connectivity index (χ0n) is 9.86. The van der Waals surface area contributed by atoms with E-state index in [0.29, 0.717) is 19.4 Å². The highest BCUT2D eigenvalue weighted by Crippen LogP contribution is 1.99. The average Bonchev–Trinajstić information content (AvgIpc) is 2.39. The van der Waals surface area contributed by atoms with Crippen LogP contribution in [-0.4, -0.2) is 30.2 Å². The molecule has 0 atom stereocenters. The molecule has 0 saturated carbocycles. The smallest absolute Gasteiger partial charge is 0.413 e. The van der Waals surface area contributed by atoms with Crippen molar-refractivity contribution in [3.8, 4) is 0 Å². The molecule has 0 aromatic heterocycles. The highest BCUT2D eigenvalue weighted by atomic mass is 16.5. The van der Waals surface area contributed by atoms with Crippen LogP contribution in [0.1, 0.15) is 5.56 Å². The van der Waals surface area contributed by atoms with E-state index in [-0.39, 0.29) is 6.61 Å².